The van der Waals surface area contributed by atoms with Crippen LogP contribution in [0, 0.1) is 0 Å². The minimum Gasteiger partial charge on any atom is -0.398 e. The quantitative estimate of drug-likeness (QED) is 0.822. The Morgan fingerprint density at radius 1 is 1.24 bits per heavy atom. The number of nitrogens with two attached hydrogens (primary N) is 1. The highest BCUT2D eigenvalue weighted by molar-refractivity contribution is 6.00. The van der Waals surface area contributed by atoms with Gasteiger partial charge in [0.05, 0.1) is 0 Å². The van der Waals surface area contributed by atoms with E-state index in [1.165, 1.54) is 5.69 Å². The minimum atomic E-state index is 0.465. The van der Waals surface area contributed by atoms with E-state index in [1.54, 1.807) is 6.20 Å². The van der Waals surface area contributed by atoms with Gasteiger partial charge in [0.2, 0.25) is 0 Å². The molecule has 0 amide bonds. The molecule has 0 aliphatic rings. The maximum atomic E-state index is 6.00. The number of anilines is 2. The van der Waals surface area contributed by atoms with E-state index in [9.17, 15) is 0 Å². The van der Waals surface area contributed by atoms with Crippen molar-refractivity contribution in [1.29, 1.82) is 0 Å². The first-order valence-electron chi connectivity index (χ1n) is 6.04. The Morgan fingerprint density at radius 3 is 2.65 bits per heavy atom. The second-order valence-corrected chi connectivity index (χ2v) is 4.47. The van der Waals surface area contributed by atoms with Crippen LogP contribution >= 0.6 is 0 Å². The van der Waals surface area contributed by atoms with Crippen LogP contribution in [-0.2, 0) is 0 Å². The Labute approximate surface area is 102 Å². The molecule has 0 aliphatic heterocycles. The summed E-state index contributed by atoms with van der Waals surface area (Å²) in [5.41, 5.74) is 8.02. The number of aromatic nitrogens is 1. The molecule has 1 aromatic carbocycles. The molecular weight excluding hydrogens is 210 g/mol. The zero-order chi connectivity index (χ0) is 12.4. The molecule has 0 atom stereocenters. The molecule has 17 heavy (non-hydrogen) atoms. The second kappa shape index (κ2) is 4.62. The zero-order valence-electron chi connectivity index (χ0n) is 10.6. The molecule has 3 nitrogen and oxygen atoms in total. The van der Waals surface area contributed by atoms with Crippen molar-refractivity contribution in [2.24, 2.45) is 0 Å². The highest BCUT2D eigenvalue weighted by Crippen LogP contribution is 2.31. The predicted molar refractivity (Wildman–Crippen MR) is 74.3 cm³/mol. The zero-order valence-corrected chi connectivity index (χ0v) is 10.6. The van der Waals surface area contributed by atoms with Crippen molar-refractivity contribution in [2.45, 2.75) is 26.8 Å². The van der Waals surface area contributed by atoms with E-state index in [0.29, 0.717) is 6.04 Å². The lowest BCUT2D eigenvalue weighted by atomic mass is 10.1. The number of nitrogen functional groups attached to an aromatic ring is 1. The molecule has 3 heteroatoms. The van der Waals surface area contributed by atoms with Gasteiger partial charge in [0.1, 0.15) is 0 Å². The van der Waals surface area contributed by atoms with Gasteiger partial charge in [-0.05, 0) is 39.0 Å². The molecule has 0 aliphatic carbocycles. The number of rotatable bonds is 3. The summed E-state index contributed by atoms with van der Waals surface area (Å²) in [5, 5.41) is 2.21. The summed E-state index contributed by atoms with van der Waals surface area (Å²) in [5.74, 6) is 0. The molecule has 0 unspecified atom stereocenters. The van der Waals surface area contributed by atoms with Crippen LogP contribution in [0.25, 0.3) is 10.8 Å². The third kappa shape index (κ3) is 2.05. The molecule has 2 rings (SSSR count). The lowest BCUT2D eigenvalue weighted by Crippen LogP contribution is -2.30. The topological polar surface area (TPSA) is 42.1 Å². The van der Waals surface area contributed by atoms with E-state index in [4.69, 9.17) is 5.73 Å². The van der Waals surface area contributed by atoms with E-state index < -0.39 is 0 Å². The van der Waals surface area contributed by atoms with Crippen LogP contribution in [0.3, 0.4) is 0 Å². The van der Waals surface area contributed by atoms with E-state index in [1.807, 2.05) is 18.3 Å². The van der Waals surface area contributed by atoms with Crippen molar-refractivity contribution in [3.8, 4) is 0 Å². The maximum Gasteiger partial charge on any atom is 0.0465 e. The van der Waals surface area contributed by atoms with Crippen LogP contribution in [0.1, 0.15) is 20.8 Å². The summed E-state index contributed by atoms with van der Waals surface area (Å²) in [4.78, 5) is 6.56. The van der Waals surface area contributed by atoms with Gasteiger partial charge >= 0.3 is 0 Å². The first kappa shape index (κ1) is 11.7. The minimum absolute atomic E-state index is 0.465. The fourth-order valence-corrected chi connectivity index (χ4v) is 2.26. The molecule has 1 aromatic heterocycles. The molecule has 1 heterocycles. The van der Waals surface area contributed by atoms with Crippen molar-refractivity contribution < 1.29 is 0 Å². The normalized spacial score (nSPS) is 11.1. The predicted octanol–water partition coefficient (Wildman–Crippen LogP) is 3.05. The number of hydrogen-bond donors (Lipinski definition) is 1. The Hall–Kier alpha value is -1.77. The lowest BCUT2D eigenvalue weighted by molar-refractivity contribution is 0.706. The van der Waals surface area contributed by atoms with Crippen molar-refractivity contribution in [1.82, 2.24) is 4.98 Å². The fourth-order valence-electron chi connectivity index (χ4n) is 2.26. The molecule has 0 radical (unpaired) electrons. The summed E-state index contributed by atoms with van der Waals surface area (Å²) in [6, 6.07) is 6.50. The number of pyridine rings is 1. The first-order valence-corrected chi connectivity index (χ1v) is 6.04. The summed E-state index contributed by atoms with van der Waals surface area (Å²) < 4.78 is 0. The number of benzene rings is 1. The lowest BCUT2D eigenvalue weighted by Gasteiger charge is -2.28. The molecule has 0 bridgehead atoms. The van der Waals surface area contributed by atoms with Crippen LogP contribution < -0.4 is 10.6 Å². The Bertz CT molecular complexity index is 520. The van der Waals surface area contributed by atoms with Crippen LogP contribution in [-0.4, -0.2) is 17.6 Å². The molecule has 0 saturated carbocycles. The van der Waals surface area contributed by atoms with Gasteiger partial charge in [-0.1, -0.05) is 0 Å². The summed E-state index contributed by atoms with van der Waals surface area (Å²) in [7, 11) is 0. The standard InChI is InChI=1S/C14H19N3/c1-4-17(10(2)3)14-6-5-13(15)11-7-8-16-9-12(11)14/h5-10H,4,15H2,1-3H3. The third-order valence-electron chi connectivity index (χ3n) is 3.10. The SMILES string of the molecule is CCN(c1ccc(N)c2ccncc12)C(C)C. The van der Waals surface area contributed by atoms with Gasteiger partial charge in [-0.2, -0.15) is 0 Å². The van der Waals surface area contributed by atoms with Gasteiger partial charge < -0.3 is 10.6 Å². The van der Waals surface area contributed by atoms with Gasteiger partial charge in [-0.25, -0.2) is 0 Å². The van der Waals surface area contributed by atoms with Crippen molar-refractivity contribution in [2.75, 3.05) is 17.2 Å². The van der Waals surface area contributed by atoms with Crippen LogP contribution in [0.5, 0.6) is 0 Å². The highest BCUT2D eigenvalue weighted by atomic mass is 15.1. The molecule has 2 N–H and O–H groups in total. The van der Waals surface area contributed by atoms with Gasteiger partial charge in [0.25, 0.3) is 0 Å². The van der Waals surface area contributed by atoms with Crippen molar-refractivity contribution in [3.05, 3.63) is 30.6 Å². The Morgan fingerprint density at radius 2 is 2.00 bits per heavy atom. The van der Waals surface area contributed by atoms with Gasteiger partial charge in [-0.15, -0.1) is 0 Å². The van der Waals surface area contributed by atoms with Crippen molar-refractivity contribution in [3.63, 3.8) is 0 Å². The Kier molecular flexibility index (Phi) is 3.18. The van der Waals surface area contributed by atoms with Gasteiger partial charge in [-0.3, -0.25) is 4.98 Å². The highest BCUT2D eigenvalue weighted by Gasteiger charge is 2.12. The monoisotopic (exact) mass is 229 g/mol. The van der Waals surface area contributed by atoms with Gasteiger partial charge in [0.15, 0.2) is 0 Å². The molecule has 2 aromatic rings. The smallest absolute Gasteiger partial charge is 0.0465 e. The first-order chi connectivity index (χ1) is 8.15. The van der Waals surface area contributed by atoms with E-state index in [0.717, 1.165) is 23.0 Å². The average molecular weight is 229 g/mol. The average Bonchev–Trinajstić information content (AvgIpc) is 2.33. The van der Waals surface area contributed by atoms with Gasteiger partial charge in [0, 0.05) is 47.1 Å². The summed E-state index contributed by atoms with van der Waals surface area (Å²) in [6.45, 7) is 7.54. The van der Waals surface area contributed by atoms with Crippen molar-refractivity contribution >= 4 is 22.1 Å². The van der Waals surface area contributed by atoms with E-state index in [2.05, 4.69) is 36.7 Å². The Balaban J connectivity index is 2.66. The van der Waals surface area contributed by atoms with Crippen LogP contribution in [0.15, 0.2) is 30.6 Å². The summed E-state index contributed by atoms with van der Waals surface area (Å²) in [6.07, 6.45) is 3.68. The second-order valence-electron chi connectivity index (χ2n) is 4.47. The maximum absolute atomic E-state index is 6.00. The van der Waals surface area contributed by atoms with E-state index >= 15 is 0 Å². The van der Waals surface area contributed by atoms with E-state index in [-0.39, 0.29) is 0 Å². The van der Waals surface area contributed by atoms with Crippen LogP contribution in [0.4, 0.5) is 11.4 Å². The summed E-state index contributed by atoms with van der Waals surface area (Å²) >= 11 is 0. The number of hydrogen-bond acceptors (Lipinski definition) is 3. The molecule has 0 fully saturated rings. The largest absolute Gasteiger partial charge is 0.398 e. The molecular formula is C14H19N3. The number of fused-ring (bicyclic) bond motifs is 1. The molecule has 0 spiro atoms. The third-order valence-corrected chi connectivity index (χ3v) is 3.10. The molecule has 0 saturated heterocycles. The number of nitrogens with zero attached hydrogens (tertiary/aromatic N) is 2. The van der Waals surface area contributed by atoms with Crippen LogP contribution in [0.2, 0.25) is 0 Å². The fraction of sp³-hybridized carbons (Fsp3) is 0.357. The molecule has 90 valence electrons.